The number of rotatable bonds is 7. The quantitative estimate of drug-likeness (QED) is 0.750. The molecular formula is C16H30N2S. The first-order valence-electron chi connectivity index (χ1n) is 7.31. The van der Waals surface area contributed by atoms with Crippen molar-refractivity contribution in [2.45, 2.75) is 65.1 Å². The highest BCUT2D eigenvalue weighted by molar-refractivity contribution is 7.10. The van der Waals surface area contributed by atoms with Crippen molar-refractivity contribution in [2.24, 2.45) is 0 Å². The molecule has 110 valence electrons. The van der Waals surface area contributed by atoms with Crippen LogP contribution in [0.25, 0.3) is 0 Å². The highest BCUT2D eigenvalue weighted by atomic mass is 32.1. The van der Waals surface area contributed by atoms with Gasteiger partial charge in [-0.25, -0.2) is 0 Å². The van der Waals surface area contributed by atoms with Crippen molar-refractivity contribution in [2.75, 3.05) is 13.6 Å². The standard InChI is InChI=1S/C16H30N2S/c1-13(9-7-11-17-16(3,4)5)18(6)14(2)15-10-8-12-19-15/h8,10,12-14,17H,7,9,11H2,1-6H3. The van der Waals surface area contributed by atoms with Gasteiger partial charge in [-0.3, -0.25) is 4.90 Å². The van der Waals surface area contributed by atoms with Crippen LogP contribution in [0.5, 0.6) is 0 Å². The van der Waals surface area contributed by atoms with Crippen molar-refractivity contribution in [3.63, 3.8) is 0 Å². The lowest BCUT2D eigenvalue weighted by Crippen LogP contribution is -2.37. The van der Waals surface area contributed by atoms with Gasteiger partial charge in [-0.1, -0.05) is 6.07 Å². The molecule has 0 aromatic carbocycles. The molecule has 0 aliphatic heterocycles. The summed E-state index contributed by atoms with van der Waals surface area (Å²) in [4.78, 5) is 3.95. The van der Waals surface area contributed by atoms with Gasteiger partial charge in [-0.05, 0) is 72.5 Å². The summed E-state index contributed by atoms with van der Waals surface area (Å²) in [7, 11) is 2.24. The maximum Gasteiger partial charge on any atom is 0.0413 e. The van der Waals surface area contributed by atoms with E-state index in [4.69, 9.17) is 0 Å². The highest BCUT2D eigenvalue weighted by Gasteiger charge is 2.18. The minimum Gasteiger partial charge on any atom is -0.312 e. The molecule has 0 amide bonds. The minimum atomic E-state index is 0.236. The van der Waals surface area contributed by atoms with Gasteiger partial charge in [0.2, 0.25) is 0 Å². The Morgan fingerprint density at radius 1 is 1.32 bits per heavy atom. The maximum absolute atomic E-state index is 3.56. The third kappa shape index (κ3) is 6.07. The Kier molecular flexibility index (Phi) is 6.51. The van der Waals surface area contributed by atoms with Crippen molar-refractivity contribution in [3.8, 4) is 0 Å². The first-order valence-corrected chi connectivity index (χ1v) is 8.19. The summed E-state index contributed by atoms with van der Waals surface area (Å²) in [5, 5.41) is 5.72. The molecule has 0 spiro atoms. The lowest BCUT2D eigenvalue weighted by Gasteiger charge is -2.30. The first-order chi connectivity index (χ1) is 8.81. The zero-order valence-electron chi connectivity index (χ0n) is 13.4. The van der Waals surface area contributed by atoms with E-state index in [1.165, 1.54) is 17.7 Å². The lowest BCUT2D eigenvalue weighted by molar-refractivity contribution is 0.187. The molecule has 19 heavy (non-hydrogen) atoms. The third-order valence-corrected chi connectivity index (χ3v) is 4.76. The zero-order chi connectivity index (χ0) is 14.5. The number of nitrogens with zero attached hydrogens (tertiary/aromatic N) is 1. The van der Waals surface area contributed by atoms with Gasteiger partial charge < -0.3 is 5.32 Å². The second kappa shape index (κ2) is 7.41. The summed E-state index contributed by atoms with van der Waals surface area (Å²) < 4.78 is 0. The van der Waals surface area contributed by atoms with Gasteiger partial charge in [-0.2, -0.15) is 0 Å². The maximum atomic E-state index is 3.56. The molecular weight excluding hydrogens is 252 g/mol. The van der Waals surface area contributed by atoms with Crippen molar-refractivity contribution < 1.29 is 0 Å². The Morgan fingerprint density at radius 2 is 2.00 bits per heavy atom. The number of hydrogen-bond donors (Lipinski definition) is 1. The SMILES string of the molecule is CC(CCCNC(C)(C)C)N(C)C(C)c1cccs1. The average molecular weight is 282 g/mol. The second-order valence-corrected chi connectivity index (χ2v) is 7.50. The second-order valence-electron chi connectivity index (χ2n) is 6.52. The smallest absolute Gasteiger partial charge is 0.0413 e. The van der Waals surface area contributed by atoms with Gasteiger partial charge in [0.25, 0.3) is 0 Å². The topological polar surface area (TPSA) is 15.3 Å². The van der Waals surface area contributed by atoms with E-state index in [2.05, 4.69) is 69.4 Å². The Balaban J connectivity index is 2.31. The predicted molar refractivity (Wildman–Crippen MR) is 86.9 cm³/mol. The first kappa shape index (κ1) is 16.7. The number of nitrogens with one attached hydrogen (secondary N) is 1. The Bertz CT molecular complexity index is 340. The number of thiophene rings is 1. The van der Waals surface area contributed by atoms with E-state index in [1.54, 1.807) is 0 Å². The molecule has 1 aromatic rings. The van der Waals surface area contributed by atoms with Gasteiger partial charge in [0.1, 0.15) is 0 Å². The fourth-order valence-electron chi connectivity index (χ4n) is 2.18. The molecule has 0 radical (unpaired) electrons. The summed E-state index contributed by atoms with van der Waals surface area (Å²) in [6.07, 6.45) is 2.48. The van der Waals surface area contributed by atoms with E-state index in [9.17, 15) is 0 Å². The Hall–Kier alpha value is -0.380. The zero-order valence-corrected chi connectivity index (χ0v) is 14.2. The minimum absolute atomic E-state index is 0.236. The van der Waals surface area contributed by atoms with Gasteiger partial charge in [-0.15, -0.1) is 11.3 Å². The van der Waals surface area contributed by atoms with Crippen LogP contribution in [0.2, 0.25) is 0 Å². The normalized spacial score (nSPS) is 15.7. The molecule has 0 bridgehead atoms. The number of hydrogen-bond acceptors (Lipinski definition) is 3. The van der Waals surface area contributed by atoms with Gasteiger partial charge in [0, 0.05) is 22.5 Å². The predicted octanol–water partition coefficient (Wildman–Crippen LogP) is 4.30. The van der Waals surface area contributed by atoms with Crippen molar-refractivity contribution in [3.05, 3.63) is 22.4 Å². The fraction of sp³-hybridized carbons (Fsp3) is 0.750. The molecule has 3 heteroatoms. The van der Waals surface area contributed by atoms with E-state index < -0.39 is 0 Å². The molecule has 2 nitrogen and oxygen atoms in total. The van der Waals surface area contributed by atoms with Crippen LogP contribution in [0.3, 0.4) is 0 Å². The van der Waals surface area contributed by atoms with Gasteiger partial charge >= 0.3 is 0 Å². The monoisotopic (exact) mass is 282 g/mol. The fourth-order valence-corrected chi connectivity index (χ4v) is 3.01. The van der Waals surface area contributed by atoms with Crippen LogP contribution in [0, 0.1) is 0 Å². The molecule has 0 saturated heterocycles. The van der Waals surface area contributed by atoms with E-state index >= 15 is 0 Å². The summed E-state index contributed by atoms with van der Waals surface area (Å²) in [6, 6.07) is 5.52. The lowest BCUT2D eigenvalue weighted by atomic mass is 10.1. The summed E-state index contributed by atoms with van der Waals surface area (Å²) in [6.45, 7) is 12.4. The molecule has 0 fully saturated rings. The van der Waals surface area contributed by atoms with Gasteiger partial charge in [0.15, 0.2) is 0 Å². The van der Waals surface area contributed by atoms with Crippen LogP contribution in [0.4, 0.5) is 0 Å². The van der Waals surface area contributed by atoms with E-state index in [0.717, 1.165) is 6.54 Å². The van der Waals surface area contributed by atoms with Crippen LogP contribution in [0.15, 0.2) is 17.5 Å². The highest BCUT2D eigenvalue weighted by Crippen LogP contribution is 2.25. The molecule has 1 N–H and O–H groups in total. The van der Waals surface area contributed by atoms with Crippen molar-refractivity contribution in [1.82, 2.24) is 10.2 Å². The van der Waals surface area contributed by atoms with E-state index in [1.807, 2.05) is 11.3 Å². The van der Waals surface area contributed by atoms with Crippen LogP contribution in [-0.4, -0.2) is 30.1 Å². The molecule has 0 aliphatic rings. The van der Waals surface area contributed by atoms with Crippen LogP contribution in [-0.2, 0) is 0 Å². The summed E-state index contributed by atoms with van der Waals surface area (Å²) in [5.74, 6) is 0. The van der Waals surface area contributed by atoms with E-state index in [-0.39, 0.29) is 5.54 Å². The van der Waals surface area contributed by atoms with Crippen LogP contribution < -0.4 is 5.32 Å². The van der Waals surface area contributed by atoms with Crippen molar-refractivity contribution >= 4 is 11.3 Å². The van der Waals surface area contributed by atoms with Crippen LogP contribution in [0.1, 0.15) is 58.4 Å². The summed E-state index contributed by atoms with van der Waals surface area (Å²) in [5.41, 5.74) is 0.236. The Labute approximate surface area is 123 Å². The largest absolute Gasteiger partial charge is 0.312 e. The molecule has 0 saturated carbocycles. The Morgan fingerprint density at radius 3 is 2.53 bits per heavy atom. The molecule has 2 atom stereocenters. The van der Waals surface area contributed by atoms with Crippen LogP contribution >= 0.6 is 11.3 Å². The summed E-state index contributed by atoms with van der Waals surface area (Å²) >= 11 is 1.85. The molecule has 0 aliphatic carbocycles. The van der Waals surface area contributed by atoms with Crippen molar-refractivity contribution in [1.29, 1.82) is 0 Å². The average Bonchev–Trinajstić information content (AvgIpc) is 2.85. The molecule has 1 heterocycles. The molecule has 1 aromatic heterocycles. The van der Waals surface area contributed by atoms with Gasteiger partial charge in [0.05, 0.1) is 0 Å². The molecule has 1 rings (SSSR count). The third-order valence-electron chi connectivity index (χ3n) is 3.72. The van der Waals surface area contributed by atoms with E-state index in [0.29, 0.717) is 12.1 Å². The molecule has 2 unspecified atom stereocenters.